The van der Waals surface area contributed by atoms with Crippen LogP contribution in [0.4, 0.5) is 0 Å². The van der Waals surface area contributed by atoms with Gasteiger partial charge in [-0.1, -0.05) is 66.2 Å². The molecule has 0 spiro atoms. The number of aromatic nitrogens is 2. The van der Waals surface area contributed by atoms with Crippen LogP contribution in [0, 0.1) is 6.92 Å². The lowest BCUT2D eigenvalue weighted by Gasteiger charge is -2.29. The molecule has 0 bridgehead atoms. The Morgan fingerprint density at radius 2 is 1.87 bits per heavy atom. The number of hydrogen-bond acceptors (Lipinski definition) is 5. The van der Waals surface area contributed by atoms with Gasteiger partial charge in [-0.3, -0.25) is 9.89 Å². The number of fused-ring (bicyclic) bond motifs is 1. The van der Waals surface area contributed by atoms with Gasteiger partial charge in [0.2, 0.25) is 0 Å². The van der Waals surface area contributed by atoms with Crippen molar-refractivity contribution in [1.29, 1.82) is 0 Å². The molecule has 1 N–H and O–H groups in total. The number of aryl methyl sites for hydroxylation is 1. The number of nitrogens with zero attached hydrogens (tertiary/aromatic N) is 2. The minimum atomic E-state index is -0.325. The van der Waals surface area contributed by atoms with Crippen molar-refractivity contribution in [2.45, 2.75) is 38.5 Å². The number of hydrogen-bond donors (Lipinski definition) is 1. The Kier molecular flexibility index (Phi) is 6.60. The fourth-order valence-electron chi connectivity index (χ4n) is 5.38. The molecule has 0 aliphatic carbocycles. The summed E-state index contributed by atoms with van der Waals surface area (Å²) in [5.41, 5.74) is 6.37. The van der Waals surface area contributed by atoms with Crippen molar-refractivity contribution in [1.82, 2.24) is 15.1 Å². The Bertz CT molecular complexity index is 1430. The van der Waals surface area contributed by atoms with E-state index >= 15 is 0 Å². The molecule has 38 heavy (non-hydrogen) atoms. The van der Waals surface area contributed by atoms with Gasteiger partial charge in [-0.05, 0) is 43.0 Å². The van der Waals surface area contributed by atoms with Gasteiger partial charge in [-0.15, -0.1) is 0 Å². The summed E-state index contributed by atoms with van der Waals surface area (Å²) in [4.78, 5) is 15.6. The third-order valence-electron chi connectivity index (χ3n) is 7.35. The molecule has 4 aromatic rings. The highest BCUT2D eigenvalue weighted by atomic mass is 16.5. The lowest BCUT2D eigenvalue weighted by atomic mass is 9.95. The van der Waals surface area contributed by atoms with Crippen LogP contribution in [0.1, 0.15) is 51.6 Å². The summed E-state index contributed by atoms with van der Waals surface area (Å²) in [5, 5.41) is 7.64. The van der Waals surface area contributed by atoms with Crippen molar-refractivity contribution in [2.75, 3.05) is 20.3 Å². The van der Waals surface area contributed by atoms with Crippen LogP contribution in [0.3, 0.4) is 0 Å². The van der Waals surface area contributed by atoms with Gasteiger partial charge < -0.3 is 19.1 Å². The molecule has 7 nitrogen and oxygen atoms in total. The Labute approximate surface area is 222 Å². The molecule has 2 aliphatic heterocycles. The average molecular weight is 510 g/mol. The highest BCUT2D eigenvalue weighted by molar-refractivity contribution is 6.00. The summed E-state index contributed by atoms with van der Waals surface area (Å²) in [6, 6.07) is 23.9. The van der Waals surface area contributed by atoms with Gasteiger partial charge in [0.1, 0.15) is 12.3 Å². The van der Waals surface area contributed by atoms with Gasteiger partial charge in [0, 0.05) is 24.3 Å². The lowest BCUT2D eigenvalue weighted by Crippen LogP contribution is -2.36. The summed E-state index contributed by atoms with van der Waals surface area (Å²) in [6.07, 6.45) is 1.99. The Balaban J connectivity index is 1.38. The van der Waals surface area contributed by atoms with Crippen LogP contribution >= 0.6 is 0 Å². The normalized spacial score (nSPS) is 18.6. The van der Waals surface area contributed by atoms with Gasteiger partial charge in [0.05, 0.1) is 24.9 Å². The summed E-state index contributed by atoms with van der Waals surface area (Å²) in [5.74, 6) is 1.22. The molecule has 3 heterocycles. The first kappa shape index (κ1) is 24.2. The summed E-state index contributed by atoms with van der Waals surface area (Å²) in [7, 11) is 1.64. The molecule has 1 fully saturated rings. The number of carbonyl (C=O) groups is 1. The zero-order valence-corrected chi connectivity index (χ0v) is 21.6. The number of rotatable bonds is 8. The number of benzene rings is 3. The van der Waals surface area contributed by atoms with E-state index in [2.05, 4.69) is 41.4 Å². The molecule has 0 saturated carbocycles. The zero-order valence-electron chi connectivity index (χ0n) is 21.6. The van der Waals surface area contributed by atoms with E-state index in [0.29, 0.717) is 30.3 Å². The van der Waals surface area contributed by atoms with Crippen molar-refractivity contribution >= 4 is 5.91 Å². The standard InChI is InChI=1S/C31H31N3O4/c1-20-10-12-22(13-11-20)28-27-29(33-32-28)31(35)34(18-24-9-6-16-37-24)30(27)23-14-15-25(26(17-23)36-2)38-19-21-7-4-3-5-8-21/h3-5,7-8,10-15,17,24,30H,6,9,16,18-19H2,1-2H3,(H,32,33). The Morgan fingerprint density at radius 1 is 1.05 bits per heavy atom. The van der Waals surface area contributed by atoms with Crippen LogP contribution in [-0.2, 0) is 11.3 Å². The van der Waals surface area contributed by atoms with E-state index in [-0.39, 0.29) is 18.1 Å². The molecule has 194 valence electrons. The molecule has 3 aromatic carbocycles. The monoisotopic (exact) mass is 509 g/mol. The number of aromatic amines is 1. The van der Waals surface area contributed by atoms with E-state index in [9.17, 15) is 4.79 Å². The molecule has 1 saturated heterocycles. The van der Waals surface area contributed by atoms with Crippen LogP contribution in [-0.4, -0.2) is 47.4 Å². The molecular weight excluding hydrogens is 478 g/mol. The Morgan fingerprint density at radius 3 is 2.61 bits per heavy atom. The van der Waals surface area contributed by atoms with Crippen LogP contribution < -0.4 is 9.47 Å². The van der Waals surface area contributed by atoms with Gasteiger partial charge >= 0.3 is 0 Å². The lowest BCUT2D eigenvalue weighted by molar-refractivity contribution is 0.0495. The number of amides is 1. The van der Waals surface area contributed by atoms with E-state index in [1.165, 1.54) is 5.56 Å². The van der Waals surface area contributed by atoms with E-state index in [1.807, 2.05) is 53.4 Å². The van der Waals surface area contributed by atoms with Crippen LogP contribution in [0.25, 0.3) is 11.3 Å². The summed E-state index contributed by atoms with van der Waals surface area (Å²) < 4.78 is 17.8. The molecule has 2 aliphatic rings. The number of ether oxygens (including phenoxy) is 3. The minimum Gasteiger partial charge on any atom is -0.493 e. The maximum absolute atomic E-state index is 13.7. The third kappa shape index (κ3) is 4.54. The SMILES string of the molecule is COc1cc(C2c3c(-c4ccc(C)cc4)n[nH]c3C(=O)N2CC2CCCO2)ccc1OCc1ccccc1. The first-order valence-electron chi connectivity index (χ1n) is 13.0. The van der Waals surface area contributed by atoms with Gasteiger partial charge in [-0.25, -0.2) is 0 Å². The van der Waals surface area contributed by atoms with Gasteiger partial charge in [0.15, 0.2) is 11.5 Å². The molecular formula is C31H31N3O4. The van der Waals surface area contributed by atoms with Crippen LogP contribution in [0.5, 0.6) is 11.5 Å². The highest BCUT2D eigenvalue weighted by Gasteiger charge is 2.43. The summed E-state index contributed by atoms with van der Waals surface area (Å²) in [6.45, 7) is 3.75. The van der Waals surface area contributed by atoms with E-state index in [0.717, 1.165) is 47.4 Å². The first-order valence-corrected chi connectivity index (χ1v) is 13.0. The fourth-order valence-corrected chi connectivity index (χ4v) is 5.38. The van der Waals surface area contributed by atoms with Gasteiger partial charge in [-0.2, -0.15) is 5.10 Å². The van der Waals surface area contributed by atoms with Crippen molar-refractivity contribution in [3.63, 3.8) is 0 Å². The first-order chi connectivity index (χ1) is 18.6. The second-order valence-corrected chi connectivity index (χ2v) is 9.91. The molecule has 1 amide bonds. The number of methoxy groups -OCH3 is 1. The maximum Gasteiger partial charge on any atom is 0.273 e. The van der Waals surface area contributed by atoms with Gasteiger partial charge in [0.25, 0.3) is 5.91 Å². The van der Waals surface area contributed by atoms with Crippen molar-refractivity contribution in [3.05, 3.63) is 101 Å². The highest BCUT2D eigenvalue weighted by Crippen LogP contribution is 2.45. The Hall–Kier alpha value is -4.10. The topological polar surface area (TPSA) is 76.7 Å². The van der Waals surface area contributed by atoms with Crippen molar-refractivity contribution in [2.24, 2.45) is 0 Å². The number of carbonyl (C=O) groups excluding carboxylic acids is 1. The third-order valence-corrected chi connectivity index (χ3v) is 7.35. The predicted octanol–water partition coefficient (Wildman–Crippen LogP) is 5.70. The van der Waals surface area contributed by atoms with E-state index in [1.54, 1.807) is 7.11 Å². The molecule has 2 unspecified atom stereocenters. The van der Waals surface area contributed by atoms with Crippen molar-refractivity contribution < 1.29 is 19.0 Å². The molecule has 0 radical (unpaired) electrons. The van der Waals surface area contributed by atoms with E-state index < -0.39 is 0 Å². The predicted molar refractivity (Wildman–Crippen MR) is 144 cm³/mol. The summed E-state index contributed by atoms with van der Waals surface area (Å²) >= 11 is 0. The minimum absolute atomic E-state index is 0.0246. The second kappa shape index (κ2) is 10.3. The van der Waals surface area contributed by atoms with Crippen LogP contribution in [0.2, 0.25) is 0 Å². The smallest absolute Gasteiger partial charge is 0.273 e. The number of H-pyrrole nitrogens is 1. The number of nitrogens with one attached hydrogen (secondary N) is 1. The fraction of sp³-hybridized carbons (Fsp3) is 0.290. The molecule has 6 rings (SSSR count). The van der Waals surface area contributed by atoms with E-state index in [4.69, 9.17) is 14.2 Å². The largest absolute Gasteiger partial charge is 0.493 e. The average Bonchev–Trinajstić information content (AvgIpc) is 3.68. The molecule has 7 heteroatoms. The molecule has 2 atom stereocenters. The maximum atomic E-state index is 13.7. The second-order valence-electron chi connectivity index (χ2n) is 9.91. The van der Waals surface area contributed by atoms with Crippen LogP contribution in [0.15, 0.2) is 72.8 Å². The van der Waals surface area contributed by atoms with Crippen molar-refractivity contribution in [3.8, 4) is 22.8 Å². The zero-order chi connectivity index (χ0) is 26.1. The quantitative estimate of drug-likeness (QED) is 0.330. The molecule has 1 aromatic heterocycles.